The second-order valence-electron chi connectivity index (χ2n) is 2.86. The predicted molar refractivity (Wildman–Crippen MR) is 61.1 cm³/mol. The van der Waals surface area contributed by atoms with E-state index in [-0.39, 0.29) is 5.82 Å². The van der Waals surface area contributed by atoms with Crippen molar-refractivity contribution in [1.82, 2.24) is 2.78 Å². The van der Waals surface area contributed by atoms with Gasteiger partial charge in [0.15, 0.2) is 0 Å². The fraction of sp³-hybridized carbons (Fsp3) is 0.111. The summed E-state index contributed by atoms with van der Waals surface area (Å²) in [6.45, 7) is 1.92. The minimum atomic E-state index is -0.234. The molecule has 0 saturated carbocycles. The van der Waals surface area contributed by atoms with Crippen molar-refractivity contribution < 1.29 is 4.39 Å². The Balaban J connectivity index is 3.00. The van der Waals surface area contributed by atoms with Crippen LogP contribution in [0.1, 0.15) is 5.69 Å². The maximum atomic E-state index is 13.4. The fourth-order valence-electron chi connectivity index (χ4n) is 1.34. The van der Waals surface area contributed by atoms with Gasteiger partial charge >= 0.3 is 0 Å². The number of rotatable bonds is 0. The quantitative estimate of drug-likeness (QED) is 0.650. The van der Waals surface area contributed by atoms with Crippen molar-refractivity contribution in [2.45, 2.75) is 6.92 Å². The van der Waals surface area contributed by atoms with Gasteiger partial charge in [-0.2, -0.15) is 0 Å². The average molecular weight is 310 g/mol. The molecule has 0 saturated heterocycles. The summed E-state index contributed by atoms with van der Waals surface area (Å²) in [5.74, 6) is -0.234. The lowest BCUT2D eigenvalue weighted by Crippen LogP contribution is -1.84. The summed E-state index contributed by atoms with van der Waals surface area (Å²) >= 11 is 7.99. The minimum absolute atomic E-state index is 0.234. The van der Waals surface area contributed by atoms with E-state index in [0.717, 1.165) is 11.1 Å². The van der Waals surface area contributed by atoms with Crippen molar-refractivity contribution in [3.8, 4) is 0 Å². The van der Waals surface area contributed by atoms with Crippen LogP contribution in [0.4, 0.5) is 4.39 Å². The van der Waals surface area contributed by atoms with E-state index in [0.29, 0.717) is 10.5 Å². The molecule has 0 amide bonds. The van der Waals surface area contributed by atoms with Crippen molar-refractivity contribution in [2.24, 2.45) is 0 Å². The molecule has 0 N–H and O–H groups in total. The number of nitrogens with zero attached hydrogens (tertiary/aromatic N) is 1. The van der Waals surface area contributed by atoms with Gasteiger partial charge in [-0.25, -0.2) is 4.39 Å². The molecular formula is C9H6ClFIN. The Bertz CT molecular complexity index is 478. The summed E-state index contributed by atoms with van der Waals surface area (Å²) < 4.78 is 15.1. The third kappa shape index (κ3) is 1.34. The lowest BCUT2D eigenvalue weighted by molar-refractivity contribution is 0.637. The normalized spacial score (nSPS) is 11.1. The number of benzene rings is 1. The van der Waals surface area contributed by atoms with E-state index in [2.05, 4.69) is 22.9 Å². The van der Waals surface area contributed by atoms with Crippen LogP contribution in [0.15, 0.2) is 18.2 Å². The number of hydrogen-bond donors (Lipinski definition) is 0. The molecule has 0 fully saturated rings. The maximum absolute atomic E-state index is 13.4. The molecule has 2 rings (SSSR count). The molecule has 0 aliphatic heterocycles. The number of fused-ring (bicyclic) bond motifs is 1. The van der Waals surface area contributed by atoms with E-state index in [1.54, 1.807) is 8.85 Å². The van der Waals surface area contributed by atoms with Crippen molar-refractivity contribution in [1.29, 1.82) is 0 Å². The first-order valence-corrected chi connectivity index (χ1v) is 5.08. The molecule has 0 aliphatic carbocycles. The molecule has 1 heterocycles. The van der Waals surface area contributed by atoms with Gasteiger partial charge in [0.25, 0.3) is 0 Å². The van der Waals surface area contributed by atoms with E-state index >= 15 is 0 Å². The Kier molecular flexibility index (Phi) is 2.23. The smallest absolute Gasteiger partial charge is 0.148 e. The summed E-state index contributed by atoms with van der Waals surface area (Å²) in [5.41, 5.74) is 1.55. The van der Waals surface area contributed by atoms with Gasteiger partial charge in [-0.15, -0.1) is 0 Å². The number of halogens is 3. The molecule has 1 aromatic heterocycles. The zero-order valence-corrected chi connectivity index (χ0v) is 9.73. The second kappa shape index (κ2) is 3.13. The zero-order valence-electron chi connectivity index (χ0n) is 6.81. The molecule has 0 radical (unpaired) electrons. The monoisotopic (exact) mass is 309 g/mol. The molecular weight excluding hydrogens is 303 g/mol. The third-order valence-corrected chi connectivity index (χ3v) is 3.55. The second-order valence-corrected chi connectivity index (χ2v) is 4.23. The number of aryl methyl sites for hydroxylation is 1. The largest absolute Gasteiger partial charge is 0.284 e. The van der Waals surface area contributed by atoms with Gasteiger partial charge in [-0.1, -0.05) is 11.6 Å². The number of hydrogen-bond acceptors (Lipinski definition) is 0. The predicted octanol–water partition coefficient (Wildman–Crippen LogP) is 3.94. The standard InChI is InChI=1S/C9H6ClFIN/c1-5-4-6-7(10)2-3-8(11)9(6)13(5)12/h2-4H,1H3. The number of aromatic nitrogens is 1. The third-order valence-electron chi connectivity index (χ3n) is 1.97. The maximum Gasteiger partial charge on any atom is 0.148 e. The molecule has 2 aromatic rings. The molecule has 0 atom stereocenters. The van der Waals surface area contributed by atoms with Gasteiger partial charge in [0.05, 0.1) is 33.4 Å². The first kappa shape index (κ1) is 9.27. The van der Waals surface area contributed by atoms with Gasteiger partial charge in [0.1, 0.15) is 5.82 Å². The molecule has 0 bridgehead atoms. The van der Waals surface area contributed by atoms with Gasteiger partial charge in [-0.3, -0.25) is 2.78 Å². The van der Waals surface area contributed by atoms with E-state index in [1.165, 1.54) is 6.07 Å². The Morgan fingerprint density at radius 2 is 2.15 bits per heavy atom. The summed E-state index contributed by atoms with van der Waals surface area (Å²) in [6.07, 6.45) is 0. The van der Waals surface area contributed by atoms with E-state index in [4.69, 9.17) is 11.6 Å². The summed E-state index contributed by atoms with van der Waals surface area (Å²) in [4.78, 5) is 0. The lowest BCUT2D eigenvalue weighted by atomic mass is 10.2. The first-order valence-electron chi connectivity index (χ1n) is 3.73. The first-order chi connectivity index (χ1) is 6.11. The fourth-order valence-corrected chi connectivity index (χ4v) is 2.17. The van der Waals surface area contributed by atoms with E-state index in [9.17, 15) is 4.39 Å². The van der Waals surface area contributed by atoms with Gasteiger partial charge < -0.3 is 0 Å². The van der Waals surface area contributed by atoms with Crippen molar-refractivity contribution in [3.05, 3.63) is 34.7 Å². The van der Waals surface area contributed by atoms with Crippen LogP contribution < -0.4 is 0 Å². The van der Waals surface area contributed by atoms with Crippen LogP contribution in [0.5, 0.6) is 0 Å². The Labute approximate surface area is 94.0 Å². The molecule has 4 heteroatoms. The molecule has 68 valence electrons. The Morgan fingerprint density at radius 1 is 1.46 bits per heavy atom. The lowest BCUT2D eigenvalue weighted by Gasteiger charge is -1.98. The van der Waals surface area contributed by atoms with Gasteiger partial charge in [0.2, 0.25) is 0 Å². The average Bonchev–Trinajstić information content (AvgIpc) is 2.38. The highest BCUT2D eigenvalue weighted by Gasteiger charge is 2.10. The van der Waals surface area contributed by atoms with Crippen LogP contribution in [0.2, 0.25) is 5.02 Å². The van der Waals surface area contributed by atoms with Crippen LogP contribution >= 0.6 is 34.5 Å². The molecule has 0 unspecified atom stereocenters. The SMILES string of the molecule is Cc1cc2c(Cl)ccc(F)c2n1I. The molecule has 13 heavy (non-hydrogen) atoms. The Hall–Kier alpha value is -0.290. The van der Waals surface area contributed by atoms with E-state index in [1.807, 2.05) is 13.0 Å². The van der Waals surface area contributed by atoms with Crippen molar-refractivity contribution in [2.75, 3.05) is 0 Å². The molecule has 1 nitrogen and oxygen atoms in total. The van der Waals surface area contributed by atoms with Crippen molar-refractivity contribution in [3.63, 3.8) is 0 Å². The van der Waals surface area contributed by atoms with Crippen LogP contribution in [0.3, 0.4) is 0 Å². The minimum Gasteiger partial charge on any atom is -0.284 e. The van der Waals surface area contributed by atoms with Crippen LogP contribution in [-0.2, 0) is 0 Å². The van der Waals surface area contributed by atoms with Crippen LogP contribution in [0, 0.1) is 12.7 Å². The Morgan fingerprint density at radius 3 is 2.77 bits per heavy atom. The van der Waals surface area contributed by atoms with Crippen LogP contribution in [-0.4, -0.2) is 2.78 Å². The topological polar surface area (TPSA) is 4.93 Å². The zero-order chi connectivity index (χ0) is 9.59. The highest BCUT2D eigenvalue weighted by atomic mass is 127. The van der Waals surface area contributed by atoms with E-state index < -0.39 is 0 Å². The van der Waals surface area contributed by atoms with Crippen molar-refractivity contribution >= 4 is 45.4 Å². The molecule has 0 spiro atoms. The summed E-state index contributed by atoms with van der Waals surface area (Å²) in [6, 6.07) is 4.85. The van der Waals surface area contributed by atoms with Gasteiger partial charge in [0, 0.05) is 11.1 Å². The summed E-state index contributed by atoms with van der Waals surface area (Å²) in [7, 11) is 0. The van der Waals surface area contributed by atoms with Gasteiger partial charge in [-0.05, 0) is 25.1 Å². The molecule has 0 aliphatic rings. The highest BCUT2D eigenvalue weighted by Crippen LogP contribution is 2.30. The molecule has 1 aromatic carbocycles. The highest BCUT2D eigenvalue weighted by molar-refractivity contribution is 14.1. The van der Waals surface area contributed by atoms with Crippen LogP contribution in [0.25, 0.3) is 10.9 Å². The summed E-state index contributed by atoms with van der Waals surface area (Å²) in [5, 5.41) is 1.36.